The van der Waals surface area contributed by atoms with Gasteiger partial charge in [-0.15, -0.1) is 0 Å². The normalized spacial score (nSPS) is 17.9. The van der Waals surface area contributed by atoms with E-state index in [2.05, 4.69) is 53.6 Å². The summed E-state index contributed by atoms with van der Waals surface area (Å²) in [5, 5.41) is 9.35. The van der Waals surface area contributed by atoms with E-state index in [1.165, 1.54) is 20.4 Å². The molecule has 0 saturated carbocycles. The van der Waals surface area contributed by atoms with Gasteiger partial charge >= 0.3 is 7.60 Å². The number of hydrogen-bond acceptors (Lipinski definition) is 14. The lowest BCUT2D eigenvalue weighted by atomic mass is 10.0. The molecule has 68 heavy (non-hydrogen) atoms. The summed E-state index contributed by atoms with van der Waals surface area (Å²) in [6.07, 6.45) is 7.88. The van der Waals surface area contributed by atoms with Crippen LogP contribution in [0, 0.1) is 11.8 Å². The Morgan fingerprint density at radius 1 is 0.897 bits per heavy atom. The van der Waals surface area contributed by atoms with E-state index in [4.69, 9.17) is 25.4 Å². The molecule has 358 valence electrons. The molecule has 17 nitrogen and oxygen atoms in total. The molecule has 3 aromatic carbocycles. The van der Waals surface area contributed by atoms with Gasteiger partial charge in [-0.1, -0.05) is 48.1 Å². The molecule has 1 unspecified atom stereocenters. The van der Waals surface area contributed by atoms with E-state index in [1.54, 1.807) is 42.3 Å². The van der Waals surface area contributed by atoms with Crippen LogP contribution in [0.4, 0.5) is 28.8 Å². The van der Waals surface area contributed by atoms with E-state index in [0.29, 0.717) is 65.7 Å². The van der Waals surface area contributed by atoms with Gasteiger partial charge < -0.3 is 39.1 Å². The van der Waals surface area contributed by atoms with Crippen molar-refractivity contribution in [2.24, 2.45) is 0 Å². The highest BCUT2D eigenvalue weighted by atomic mass is 35.5. The molecule has 8 rings (SSSR count). The summed E-state index contributed by atoms with van der Waals surface area (Å²) in [6, 6.07) is 18.2. The number of carbonyl (C=O) groups excluding carboxylic acids is 4. The average Bonchev–Trinajstić information content (AvgIpc) is 3.70. The molecule has 4 amide bonds. The minimum Gasteiger partial charge on any atom is -0.494 e. The predicted octanol–water partition coefficient (Wildman–Crippen LogP) is 6.61. The van der Waals surface area contributed by atoms with Crippen LogP contribution in [-0.2, 0) is 34.5 Å². The largest absolute Gasteiger partial charge is 0.494 e. The lowest BCUT2D eigenvalue weighted by Crippen LogP contribution is -2.54. The Bertz CT molecular complexity index is 2640. The molecule has 19 heteroatoms. The van der Waals surface area contributed by atoms with Crippen LogP contribution in [0.25, 0.3) is 0 Å². The van der Waals surface area contributed by atoms with Gasteiger partial charge in [-0.3, -0.25) is 34.0 Å². The first-order valence-corrected chi connectivity index (χ1v) is 25.0. The van der Waals surface area contributed by atoms with E-state index in [-0.39, 0.29) is 35.1 Å². The van der Waals surface area contributed by atoms with E-state index >= 15 is 0 Å². The molecule has 3 fully saturated rings. The minimum atomic E-state index is -3.57. The fourth-order valence-corrected chi connectivity index (χ4v) is 10.7. The maximum absolute atomic E-state index is 13.2. The third-order valence-electron chi connectivity index (χ3n) is 13.1. The number of anilines is 5. The summed E-state index contributed by atoms with van der Waals surface area (Å²) < 4.78 is 29.5. The Hall–Kier alpha value is -6.02. The Kier molecular flexibility index (Phi) is 15.6. The second kappa shape index (κ2) is 21.9. The number of fused-ring (bicyclic) bond motifs is 1. The maximum Gasteiger partial charge on any atom is 0.362 e. The highest BCUT2D eigenvalue weighted by Gasteiger charge is 2.40. The fraction of sp³-hybridized carbons (Fsp3) is 0.429. The molecule has 0 radical (unpaired) electrons. The summed E-state index contributed by atoms with van der Waals surface area (Å²) in [7, 11) is 0.714. The summed E-state index contributed by atoms with van der Waals surface area (Å²) in [4.78, 5) is 67.8. The predicted molar refractivity (Wildman–Crippen MR) is 260 cm³/mol. The van der Waals surface area contributed by atoms with E-state index in [1.807, 2.05) is 29.2 Å². The molecule has 4 aliphatic rings. The van der Waals surface area contributed by atoms with Gasteiger partial charge in [0, 0.05) is 108 Å². The summed E-state index contributed by atoms with van der Waals surface area (Å²) in [6.45, 7) is 5.33. The number of nitrogens with one attached hydrogen (secondary N) is 3. The van der Waals surface area contributed by atoms with Crippen molar-refractivity contribution in [2.75, 3.05) is 76.1 Å². The van der Waals surface area contributed by atoms with Crippen molar-refractivity contribution in [1.29, 1.82) is 0 Å². The first-order chi connectivity index (χ1) is 33.0. The lowest BCUT2D eigenvalue weighted by molar-refractivity contribution is -0.137. The number of nitrogens with zero attached hydrogens (tertiary/aromatic N) is 6. The summed E-state index contributed by atoms with van der Waals surface area (Å²) >= 11 is 6.49. The van der Waals surface area contributed by atoms with Gasteiger partial charge in [0.15, 0.2) is 5.82 Å². The number of aromatic nitrogens is 2. The van der Waals surface area contributed by atoms with Crippen LogP contribution in [0.2, 0.25) is 5.02 Å². The number of benzene rings is 3. The fourth-order valence-electron chi connectivity index (χ4n) is 9.34. The van der Waals surface area contributed by atoms with Crippen molar-refractivity contribution < 1.29 is 37.5 Å². The third-order valence-corrected chi connectivity index (χ3v) is 15.3. The second-order valence-corrected chi connectivity index (χ2v) is 19.7. The summed E-state index contributed by atoms with van der Waals surface area (Å²) in [5.41, 5.74) is 4.37. The highest BCUT2D eigenvalue weighted by molar-refractivity contribution is 7.62. The van der Waals surface area contributed by atoms with Crippen LogP contribution >= 0.6 is 19.2 Å². The molecule has 5 heterocycles. The van der Waals surface area contributed by atoms with Gasteiger partial charge in [-0.25, -0.2) is 4.98 Å². The van der Waals surface area contributed by atoms with Crippen LogP contribution in [0.5, 0.6) is 5.75 Å². The Morgan fingerprint density at radius 2 is 1.68 bits per heavy atom. The topological polar surface area (TPSA) is 188 Å². The zero-order valence-electron chi connectivity index (χ0n) is 38.6. The molecular weight excluding hydrogens is 909 g/mol. The molecule has 4 aliphatic heterocycles. The molecule has 3 N–H and O–H groups in total. The zero-order chi connectivity index (χ0) is 47.8. The van der Waals surface area contributed by atoms with Crippen molar-refractivity contribution in [3.05, 3.63) is 88.6 Å². The van der Waals surface area contributed by atoms with Gasteiger partial charge in [0.2, 0.25) is 23.7 Å². The number of piperidine rings is 2. The monoisotopic (exact) mass is 965 g/mol. The Balaban J connectivity index is 0.751. The zero-order valence-corrected chi connectivity index (χ0v) is 40.2. The number of amides is 4. The molecule has 0 bridgehead atoms. The number of methoxy groups -OCH3 is 1. The number of piperazine rings is 1. The van der Waals surface area contributed by atoms with E-state index in [9.17, 15) is 23.7 Å². The molecule has 1 atom stereocenters. The third kappa shape index (κ3) is 11.0. The van der Waals surface area contributed by atoms with Crippen molar-refractivity contribution in [3.8, 4) is 17.6 Å². The summed E-state index contributed by atoms with van der Waals surface area (Å²) in [5.74, 6) is 6.97. The van der Waals surface area contributed by atoms with Gasteiger partial charge in [0.05, 0.1) is 30.0 Å². The van der Waals surface area contributed by atoms with E-state index < -0.39 is 19.5 Å². The highest BCUT2D eigenvalue weighted by Crippen LogP contribution is 2.47. The number of ether oxygens (including phenoxy) is 1. The standard InChI is InChI=1S/C49H57ClN9O8P/c1-65-42-30-35(18-19-39(42)53-49-51-31-38(50)46(55-49)52-40-15-9-10-16-43(40)68(64,66-2)67-3)56-24-22-34(23-25-56)57-26-28-58(29-27-57)45(61)17-8-6-4-5-7-12-33-13-11-14-36-37(33)32-59(48(36)63)41-20-21-44(60)54-47(41)62/h9-11,13-16,18-19,30-31,34,41H,4-6,8,17,20-29,32H2,1-3H3,(H,54,60,62)(H2,51,52,53,55). The lowest BCUT2D eigenvalue weighted by Gasteiger charge is -2.43. The first kappa shape index (κ1) is 48.4. The number of para-hydroxylation sites is 1. The Morgan fingerprint density at radius 3 is 2.43 bits per heavy atom. The molecule has 0 aliphatic carbocycles. The first-order valence-electron chi connectivity index (χ1n) is 23.1. The van der Waals surface area contributed by atoms with Crippen molar-refractivity contribution in [3.63, 3.8) is 0 Å². The number of imide groups is 1. The smallest absolute Gasteiger partial charge is 0.362 e. The number of halogens is 1. The van der Waals surface area contributed by atoms with Gasteiger partial charge in [0.1, 0.15) is 16.8 Å². The van der Waals surface area contributed by atoms with Crippen LogP contribution in [-0.4, -0.2) is 121 Å². The van der Waals surface area contributed by atoms with Crippen molar-refractivity contribution in [1.82, 2.24) is 30.0 Å². The van der Waals surface area contributed by atoms with Crippen LogP contribution in [0.1, 0.15) is 79.3 Å². The number of unbranched alkanes of at least 4 members (excludes halogenated alkanes) is 3. The van der Waals surface area contributed by atoms with Gasteiger partial charge in [-0.2, -0.15) is 4.98 Å². The quantitative estimate of drug-likeness (QED) is 0.0471. The second-order valence-electron chi connectivity index (χ2n) is 17.1. The minimum absolute atomic E-state index is 0.203. The van der Waals surface area contributed by atoms with Crippen LogP contribution < -0.4 is 30.9 Å². The van der Waals surface area contributed by atoms with Crippen LogP contribution in [0.15, 0.2) is 66.9 Å². The number of hydrogen-bond donors (Lipinski definition) is 3. The molecule has 3 saturated heterocycles. The van der Waals surface area contributed by atoms with Gasteiger partial charge in [0.25, 0.3) is 5.91 Å². The molecular formula is C49H57ClN9O8P. The molecule has 4 aromatic rings. The molecule has 0 spiro atoms. The Labute approximate surface area is 401 Å². The van der Waals surface area contributed by atoms with Crippen molar-refractivity contribution in [2.45, 2.75) is 76.4 Å². The molecule has 1 aromatic heterocycles. The van der Waals surface area contributed by atoms with Gasteiger partial charge in [-0.05, 0) is 74.1 Å². The van der Waals surface area contributed by atoms with E-state index in [0.717, 1.165) is 88.2 Å². The number of carbonyl (C=O) groups is 4. The van der Waals surface area contributed by atoms with Crippen molar-refractivity contribution >= 4 is 77.0 Å². The maximum atomic E-state index is 13.2. The van der Waals surface area contributed by atoms with Crippen LogP contribution in [0.3, 0.4) is 0 Å². The SMILES string of the molecule is COc1cc(N2CCC(N3CCN(C(=O)CCCCCC#Cc4cccc5c4CN(C4CCC(=O)NC4=O)C5=O)CC3)CC2)ccc1Nc1ncc(Cl)c(Nc2ccccc2P(=O)(OC)OC)n1. The average molecular weight is 966 g/mol. The number of rotatable bonds is 16.